The van der Waals surface area contributed by atoms with Crippen molar-refractivity contribution in [3.63, 3.8) is 0 Å². The Morgan fingerprint density at radius 3 is 2.29 bits per heavy atom. The summed E-state index contributed by atoms with van der Waals surface area (Å²) < 4.78 is 5.22. The Bertz CT molecular complexity index is 175. The lowest BCUT2D eigenvalue weighted by atomic mass is 10.0. The van der Waals surface area contributed by atoms with Gasteiger partial charge in [0.2, 0.25) is 0 Å². The lowest BCUT2D eigenvalue weighted by Gasteiger charge is -2.39. The molecule has 0 aliphatic carbocycles. The van der Waals surface area contributed by atoms with Gasteiger partial charge in [0.25, 0.3) is 0 Å². The van der Waals surface area contributed by atoms with E-state index in [0.717, 1.165) is 5.75 Å². The summed E-state index contributed by atoms with van der Waals surface area (Å²) in [4.78, 5) is 0. The monoisotopic (exact) mass is 224 g/mol. The third kappa shape index (κ3) is 2.39. The van der Waals surface area contributed by atoms with Crippen LogP contribution in [0.2, 0.25) is 0 Å². The number of thioether (sulfide) groups is 1. The van der Waals surface area contributed by atoms with Crippen LogP contribution in [-0.2, 0) is 4.74 Å². The van der Waals surface area contributed by atoms with Crippen LogP contribution in [0.4, 0.5) is 0 Å². The van der Waals surface area contributed by atoms with Gasteiger partial charge in [-0.2, -0.15) is 0 Å². The maximum absolute atomic E-state index is 9.51. The van der Waals surface area contributed by atoms with Crippen LogP contribution in [0.3, 0.4) is 0 Å². The Hall–Kier alpha value is 0.150. The van der Waals surface area contributed by atoms with E-state index in [1.165, 1.54) is 11.8 Å². The molecule has 4 N–H and O–H groups in total. The summed E-state index contributed by atoms with van der Waals surface area (Å²) >= 11 is 1.33. The highest BCUT2D eigenvalue weighted by Gasteiger charge is 2.43. The molecule has 0 saturated carbocycles. The van der Waals surface area contributed by atoms with E-state index in [2.05, 4.69) is 0 Å². The normalized spacial score (nSPS) is 43.9. The number of ether oxygens (including phenoxy) is 1. The van der Waals surface area contributed by atoms with Crippen LogP contribution in [0.1, 0.15) is 6.92 Å². The molecule has 1 rings (SSSR count). The number of aliphatic hydroxyl groups is 4. The van der Waals surface area contributed by atoms with Crippen LogP contribution in [0.5, 0.6) is 0 Å². The van der Waals surface area contributed by atoms with Gasteiger partial charge in [-0.1, -0.05) is 6.92 Å². The average Bonchev–Trinajstić information content (AvgIpc) is 2.19. The molecule has 0 aromatic heterocycles. The van der Waals surface area contributed by atoms with E-state index in [1.807, 2.05) is 6.92 Å². The van der Waals surface area contributed by atoms with Crippen molar-refractivity contribution >= 4 is 11.8 Å². The lowest BCUT2D eigenvalue weighted by Crippen LogP contribution is -2.57. The fourth-order valence-electron chi connectivity index (χ4n) is 1.37. The van der Waals surface area contributed by atoms with Gasteiger partial charge in [0.05, 0.1) is 6.61 Å². The van der Waals surface area contributed by atoms with Crippen LogP contribution < -0.4 is 0 Å². The van der Waals surface area contributed by atoms with E-state index in [0.29, 0.717) is 0 Å². The van der Waals surface area contributed by atoms with Gasteiger partial charge in [-0.15, -0.1) is 11.8 Å². The molecule has 1 saturated heterocycles. The molecule has 14 heavy (non-hydrogen) atoms. The third-order valence-corrected chi connectivity index (χ3v) is 3.23. The minimum absolute atomic E-state index is 0.369. The van der Waals surface area contributed by atoms with Crippen molar-refractivity contribution in [1.29, 1.82) is 0 Å². The predicted molar refractivity (Wildman–Crippen MR) is 51.9 cm³/mol. The highest BCUT2D eigenvalue weighted by Crippen LogP contribution is 2.27. The summed E-state index contributed by atoms with van der Waals surface area (Å²) in [6.45, 7) is 1.53. The molecule has 5 nitrogen and oxygen atoms in total. The molecule has 0 unspecified atom stereocenters. The zero-order valence-corrected chi connectivity index (χ0v) is 8.72. The topological polar surface area (TPSA) is 90.2 Å². The molecule has 1 aliphatic heterocycles. The number of hydrogen-bond donors (Lipinski definition) is 4. The van der Waals surface area contributed by atoms with E-state index in [-0.39, 0.29) is 6.61 Å². The molecular weight excluding hydrogens is 208 g/mol. The van der Waals surface area contributed by atoms with Crippen molar-refractivity contribution in [1.82, 2.24) is 0 Å². The van der Waals surface area contributed by atoms with Gasteiger partial charge in [0.15, 0.2) is 0 Å². The van der Waals surface area contributed by atoms with E-state index >= 15 is 0 Å². The Morgan fingerprint density at radius 2 is 1.79 bits per heavy atom. The van der Waals surface area contributed by atoms with Crippen molar-refractivity contribution in [2.24, 2.45) is 0 Å². The smallest absolute Gasteiger partial charge is 0.132 e. The minimum Gasteiger partial charge on any atom is -0.394 e. The van der Waals surface area contributed by atoms with E-state index < -0.39 is 29.9 Å². The molecule has 5 atom stereocenters. The molecule has 0 aromatic rings. The van der Waals surface area contributed by atoms with Crippen molar-refractivity contribution in [2.75, 3.05) is 12.4 Å². The fraction of sp³-hybridized carbons (Fsp3) is 1.00. The van der Waals surface area contributed by atoms with Crippen molar-refractivity contribution in [2.45, 2.75) is 36.8 Å². The molecule has 6 heteroatoms. The van der Waals surface area contributed by atoms with Crippen LogP contribution in [0.15, 0.2) is 0 Å². The zero-order chi connectivity index (χ0) is 10.7. The molecule has 1 fully saturated rings. The second-order valence-electron chi connectivity index (χ2n) is 3.15. The van der Waals surface area contributed by atoms with Gasteiger partial charge >= 0.3 is 0 Å². The standard InChI is InChI=1S/C8H16O5S/c1-2-14-8-7(12)6(11)5(10)4(3-9)13-8/h4-12H,2-3H2,1H3/t4-,5-,6+,7+,8-/m0/s1. The maximum Gasteiger partial charge on any atom is 0.132 e. The number of hydrogen-bond acceptors (Lipinski definition) is 6. The van der Waals surface area contributed by atoms with Gasteiger partial charge in [0.1, 0.15) is 29.9 Å². The summed E-state index contributed by atoms with van der Waals surface area (Å²) in [6, 6.07) is 0. The number of rotatable bonds is 3. The first-order valence-corrected chi connectivity index (χ1v) is 5.58. The predicted octanol–water partition coefficient (Wildman–Crippen LogP) is -1.46. The Morgan fingerprint density at radius 1 is 1.14 bits per heavy atom. The van der Waals surface area contributed by atoms with Gasteiger partial charge in [0, 0.05) is 0 Å². The first kappa shape index (κ1) is 12.2. The highest BCUT2D eigenvalue weighted by atomic mass is 32.2. The van der Waals surface area contributed by atoms with Gasteiger partial charge in [-0.3, -0.25) is 0 Å². The molecule has 0 spiro atoms. The van der Waals surface area contributed by atoms with Crippen molar-refractivity contribution < 1.29 is 25.2 Å². The molecule has 0 amide bonds. The van der Waals surface area contributed by atoms with Gasteiger partial charge in [-0.25, -0.2) is 0 Å². The first-order chi connectivity index (χ1) is 6.61. The van der Waals surface area contributed by atoms with E-state index in [4.69, 9.17) is 9.84 Å². The summed E-state index contributed by atoms with van der Waals surface area (Å²) in [5.41, 5.74) is -0.587. The quantitative estimate of drug-likeness (QED) is 0.468. The Labute approximate surface area is 86.7 Å². The van der Waals surface area contributed by atoms with E-state index in [9.17, 15) is 15.3 Å². The Kier molecular flexibility index (Phi) is 4.62. The Balaban J connectivity index is 2.63. The van der Waals surface area contributed by atoms with Gasteiger partial charge < -0.3 is 25.2 Å². The van der Waals surface area contributed by atoms with Crippen LogP contribution in [0.25, 0.3) is 0 Å². The van der Waals surface area contributed by atoms with E-state index in [1.54, 1.807) is 0 Å². The summed E-state index contributed by atoms with van der Waals surface area (Å²) in [5, 5.41) is 37.2. The van der Waals surface area contributed by atoms with Crippen LogP contribution in [-0.4, -0.2) is 62.6 Å². The second kappa shape index (κ2) is 5.29. The van der Waals surface area contributed by atoms with Crippen molar-refractivity contribution in [3.05, 3.63) is 0 Å². The summed E-state index contributed by atoms with van der Waals surface area (Å²) in [7, 11) is 0. The molecule has 1 aliphatic rings. The van der Waals surface area contributed by atoms with Crippen molar-refractivity contribution in [3.8, 4) is 0 Å². The summed E-state index contributed by atoms with van der Waals surface area (Å²) in [6.07, 6.45) is -4.43. The second-order valence-corrected chi connectivity index (χ2v) is 4.53. The molecule has 0 bridgehead atoms. The molecule has 84 valence electrons. The fourth-order valence-corrected chi connectivity index (χ4v) is 2.28. The molecule has 0 aromatic carbocycles. The highest BCUT2D eigenvalue weighted by molar-refractivity contribution is 7.99. The largest absolute Gasteiger partial charge is 0.394 e. The SMILES string of the molecule is CCS[C@@H]1O[C@@H](CO)[C@H](O)[C@@H](O)[C@H]1O. The number of aliphatic hydroxyl groups excluding tert-OH is 4. The lowest BCUT2D eigenvalue weighted by molar-refractivity contribution is -0.205. The first-order valence-electron chi connectivity index (χ1n) is 4.54. The average molecular weight is 224 g/mol. The third-order valence-electron chi connectivity index (χ3n) is 2.18. The van der Waals surface area contributed by atoms with Crippen LogP contribution in [0, 0.1) is 0 Å². The summed E-state index contributed by atoms with van der Waals surface area (Å²) in [5.74, 6) is 0.725. The minimum atomic E-state index is -1.26. The molecular formula is C8H16O5S. The molecule has 0 radical (unpaired) electrons. The maximum atomic E-state index is 9.51. The molecule has 1 heterocycles. The van der Waals surface area contributed by atoms with Gasteiger partial charge in [-0.05, 0) is 5.75 Å². The zero-order valence-electron chi connectivity index (χ0n) is 7.91. The van der Waals surface area contributed by atoms with Crippen LogP contribution >= 0.6 is 11.8 Å².